The molecule has 0 aliphatic rings. The summed E-state index contributed by atoms with van der Waals surface area (Å²) in [6.45, 7) is 0. The summed E-state index contributed by atoms with van der Waals surface area (Å²) in [5.74, 6) is 0. The van der Waals surface area contributed by atoms with Gasteiger partial charge in [0.2, 0.25) is 0 Å². The van der Waals surface area contributed by atoms with Crippen LogP contribution in [-0.2, 0) is 0 Å². The van der Waals surface area contributed by atoms with Gasteiger partial charge in [0.05, 0.1) is 0 Å². The summed E-state index contributed by atoms with van der Waals surface area (Å²) in [5.41, 5.74) is 0. The second-order valence-corrected chi connectivity index (χ2v) is 12.9. The second kappa shape index (κ2) is 17.2. The summed E-state index contributed by atoms with van der Waals surface area (Å²) in [6, 6.07) is 66.1. The number of halogens is 1. The molecule has 6 aromatic carbocycles. The van der Waals surface area contributed by atoms with Crippen molar-refractivity contribution in [1.82, 2.24) is 0 Å². The van der Waals surface area contributed by atoms with E-state index < -0.39 is 15.8 Å². The molecule has 0 aliphatic carbocycles. The van der Waals surface area contributed by atoms with Crippen LogP contribution in [0.3, 0.4) is 0 Å². The monoisotopic (exact) mass is 678 g/mol. The number of hydrogen-bond acceptors (Lipinski definition) is 0. The van der Waals surface area contributed by atoms with Gasteiger partial charge < -0.3 is 12.4 Å². The Balaban J connectivity index is 0.000000210. The molecule has 0 unspecified atom stereocenters. The minimum absolute atomic E-state index is 0. The predicted octanol–water partition coefficient (Wildman–Crippen LogP) is 3.11. The van der Waals surface area contributed by atoms with E-state index in [1.807, 2.05) is 24.3 Å². The van der Waals surface area contributed by atoms with Crippen LogP contribution in [0.25, 0.3) is 0 Å². The molecule has 4 heteroatoms. The fourth-order valence-corrected chi connectivity index (χ4v) is 8.68. The zero-order valence-electron chi connectivity index (χ0n) is 21.9. The van der Waals surface area contributed by atoms with E-state index in [1.165, 1.54) is 31.8 Å². The molecule has 6 rings (SSSR count). The van der Waals surface area contributed by atoms with Gasteiger partial charge in [-0.1, -0.05) is 170 Å². The molecule has 0 saturated heterocycles. The molecule has 0 spiro atoms. The fraction of sp³-hybridized carbons (Fsp3) is 0. The van der Waals surface area contributed by atoms with E-state index in [-0.39, 0.29) is 36.8 Å². The molecule has 0 atom stereocenters. The van der Waals surface area contributed by atoms with Gasteiger partial charge in [-0.05, 0) is 59.8 Å². The van der Waals surface area contributed by atoms with Gasteiger partial charge in [0, 0.05) is 24.4 Å². The van der Waals surface area contributed by atoms with Gasteiger partial charge in [-0.15, -0.1) is 0 Å². The summed E-state index contributed by atoms with van der Waals surface area (Å²) in [6.07, 6.45) is 0. The van der Waals surface area contributed by atoms with Crippen molar-refractivity contribution in [2.24, 2.45) is 0 Å². The van der Waals surface area contributed by atoms with E-state index in [2.05, 4.69) is 158 Å². The third-order valence-corrected chi connectivity index (χ3v) is 10.7. The Morgan fingerprint density at radius 1 is 0.325 bits per heavy atom. The Morgan fingerprint density at radius 2 is 0.575 bits per heavy atom. The molecule has 40 heavy (non-hydrogen) atoms. The van der Waals surface area contributed by atoms with Crippen molar-refractivity contribution >= 4 is 72.1 Å². The van der Waals surface area contributed by atoms with Gasteiger partial charge in [0.25, 0.3) is 0 Å². The maximum Gasteiger partial charge on any atom is 0 e. The van der Waals surface area contributed by atoms with Crippen molar-refractivity contribution in [1.29, 1.82) is 0 Å². The van der Waals surface area contributed by atoms with Crippen molar-refractivity contribution in [2.45, 2.75) is 0 Å². The van der Waals surface area contributed by atoms with Crippen LogP contribution in [0, 0.1) is 12.1 Å². The molecule has 0 aromatic heterocycles. The number of benzene rings is 6. The predicted molar refractivity (Wildman–Crippen MR) is 174 cm³/mol. The molecule has 0 amide bonds. The van der Waals surface area contributed by atoms with Gasteiger partial charge in [0.15, 0.2) is 0 Å². The maximum atomic E-state index is 3.39. The van der Waals surface area contributed by atoms with Crippen LogP contribution in [0.5, 0.6) is 0 Å². The minimum atomic E-state index is -0.502. The van der Waals surface area contributed by atoms with Gasteiger partial charge >= 0.3 is 0 Å². The van der Waals surface area contributed by atoms with Crippen molar-refractivity contribution in [2.75, 3.05) is 0 Å². The van der Waals surface area contributed by atoms with Crippen LogP contribution in [-0.4, -0.2) is 24.4 Å². The molecule has 6 aromatic rings. The van der Waals surface area contributed by atoms with Crippen LogP contribution in [0.2, 0.25) is 0 Å². The third-order valence-electron chi connectivity index (χ3n) is 5.92. The average Bonchev–Trinajstić information content (AvgIpc) is 3.01. The third kappa shape index (κ3) is 8.64. The van der Waals surface area contributed by atoms with Crippen molar-refractivity contribution in [3.63, 3.8) is 0 Å². The van der Waals surface area contributed by atoms with E-state index in [9.17, 15) is 0 Å². The van der Waals surface area contributed by atoms with Crippen LogP contribution >= 0.6 is 15.8 Å². The van der Waals surface area contributed by atoms with Gasteiger partial charge in [-0.3, -0.25) is 0 Å². The van der Waals surface area contributed by atoms with Gasteiger partial charge in [0.1, 0.15) is 0 Å². The van der Waals surface area contributed by atoms with E-state index in [1.54, 1.807) is 0 Å². The maximum absolute atomic E-state index is 3.39. The smallest absolute Gasteiger partial charge is 0 e. The normalized spacial score (nSPS) is 10.1. The molecule has 195 valence electrons. The minimum Gasteiger partial charge on any atom is -1.00 e. The summed E-state index contributed by atoms with van der Waals surface area (Å²) in [7, 11) is -1.00. The van der Waals surface area contributed by atoms with Crippen LogP contribution < -0.4 is 44.2 Å². The van der Waals surface area contributed by atoms with E-state index in [4.69, 9.17) is 0 Å². The average molecular weight is 680 g/mol. The first-order valence-electron chi connectivity index (χ1n) is 12.6. The van der Waals surface area contributed by atoms with E-state index >= 15 is 0 Å². The fourth-order valence-electron chi connectivity index (χ4n) is 4.21. The van der Waals surface area contributed by atoms with Crippen molar-refractivity contribution < 1.29 is 12.4 Å². The van der Waals surface area contributed by atoms with Gasteiger partial charge in [-0.25, -0.2) is 0 Å². The molecular weight excluding hydrogens is 652 g/mol. The Labute approximate surface area is 264 Å². The molecule has 0 N–H and O–H groups in total. The van der Waals surface area contributed by atoms with Crippen LogP contribution in [0.1, 0.15) is 0 Å². The Bertz CT molecular complexity index is 1180. The standard InChI is InChI=1S/2C18H14P.ClH.Sb/c2*1-4-10-16(11-5-1)19(17-12-6-2-7-13-17)18-14-8-3-9-15-18;;/h2*1-14H;1H;/p-1. The van der Waals surface area contributed by atoms with Crippen molar-refractivity contribution in [3.8, 4) is 0 Å². The van der Waals surface area contributed by atoms with Crippen molar-refractivity contribution in [3.05, 3.63) is 182 Å². The Hall–Kier alpha value is -2.71. The molecule has 5 radical (unpaired) electrons. The molecule has 0 fully saturated rings. The summed E-state index contributed by atoms with van der Waals surface area (Å²) >= 11 is 0. The topological polar surface area (TPSA) is 0 Å². The Morgan fingerprint density at radius 3 is 0.800 bits per heavy atom. The first-order valence-corrected chi connectivity index (χ1v) is 15.3. The zero-order valence-corrected chi connectivity index (χ0v) is 27.0. The number of rotatable bonds is 6. The largest absolute Gasteiger partial charge is 1.00 e. The molecule has 0 bridgehead atoms. The molecule has 0 saturated carbocycles. The first-order chi connectivity index (χ1) is 18.9. The summed E-state index contributed by atoms with van der Waals surface area (Å²) in [4.78, 5) is 0. The van der Waals surface area contributed by atoms with Crippen LogP contribution in [0.4, 0.5) is 0 Å². The molecule has 0 nitrogen and oxygen atoms in total. The second-order valence-electron chi connectivity index (χ2n) is 8.51. The summed E-state index contributed by atoms with van der Waals surface area (Å²) < 4.78 is 0. The first kappa shape index (κ1) is 31.8. The Kier molecular flexibility index (Phi) is 13.7. The molecule has 0 aliphatic heterocycles. The molecular formula is C36H28ClP2Sb-. The van der Waals surface area contributed by atoms with E-state index in [0.29, 0.717) is 0 Å². The quantitative estimate of drug-likeness (QED) is 0.188. The summed E-state index contributed by atoms with van der Waals surface area (Å²) in [5, 5.41) is 8.01. The molecule has 0 heterocycles. The van der Waals surface area contributed by atoms with Crippen LogP contribution in [0.15, 0.2) is 170 Å². The van der Waals surface area contributed by atoms with E-state index in [0.717, 1.165) is 0 Å². The van der Waals surface area contributed by atoms with Gasteiger partial charge in [-0.2, -0.15) is 0 Å². The zero-order chi connectivity index (χ0) is 25.8. The SMILES string of the molecule is [Cl-].[Sb].[c]1ccccc1P(c1ccccc1)c1ccccc1.[c]1ccccc1P(c1ccccc1)c1ccccc1. The number of hydrogen-bond donors (Lipinski definition) is 0.